The third-order valence-electron chi connectivity index (χ3n) is 4.42. The molecular weight excluding hydrogens is 244 g/mol. The molecule has 1 saturated carbocycles. The molecule has 3 unspecified atom stereocenters. The fraction of sp³-hybridized carbons (Fsp3) is 0.625. The van der Waals surface area contributed by atoms with Crippen molar-refractivity contribution in [2.75, 3.05) is 0 Å². The van der Waals surface area contributed by atoms with E-state index >= 15 is 0 Å². The van der Waals surface area contributed by atoms with Gasteiger partial charge in [-0.25, -0.2) is 8.78 Å². The molecule has 1 fully saturated rings. The molecule has 1 N–H and O–H groups in total. The zero-order valence-electron chi connectivity index (χ0n) is 11.9. The second-order valence-corrected chi connectivity index (χ2v) is 5.93. The number of benzene rings is 1. The van der Waals surface area contributed by atoms with Crippen molar-refractivity contribution in [3.05, 3.63) is 35.4 Å². The quantitative estimate of drug-likeness (QED) is 0.853. The second-order valence-electron chi connectivity index (χ2n) is 5.93. The molecule has 0 bridgehead atoms. The lowest BCUT2D eigenvalue weighted by molar-refractivity contribution is 0.194. The fourth-order valence-corrected chi connectivity index (χ4v) is 3.31. The fourth-order valence-electron chi connectivity index (χ4n) is 3.31. The summed E-state index contributed by atoms with van der Waals surface area (Å²) in [5.74, 6) is 0.189. The van der Waals surface area contributed by atoms with Crippen molar-refractivity contribution in [3.63, 3.8) is 0 Å². The van der Waals surface area contributed by atoms with Gasteiger partial charge < -0.3 is 5.32 Å². The zero-order chi connectivity index (χ0) is 14.0. The van der Waals surface area contributed by atoms with Gasteiger partial charge in [-0.15, -0.1) is 0 Å². The van der Waals surface area contributed by atoms with Crippen LogP contribution in [-0.2, 0) is 0 Å². The molecule has 2 rings (SSSR count). The van der Waals surface area contributed by atoms with Crippen LogP contribution in [0.5, 0.6) is 0 Å². The smallest absolute Gasteiger partial charge is 0.130 e. The normalized spacial score (nSPS) is 29.2. The lowest BCUT2D eigenvalue weighted by atomic mass is 9.78. The Kier molecular flexibility index (Phi) is 4.56. The average Bonchev–Trinajstić information content (AvgIpc) is 2.34. The van der Waals surface area contributed by atoms with Crippen LogP contribution in [0, 0.1) is 23.5 Å². The second kappa shape index (κ2) is 6.00. The summed E-state index contributed by atoms with van der Waals surface area (Å²) in [6, 6.07) is 4.10. The summed E-state index contributed by atoms with van der Waals surface area (Å²) in [6.07, 6.45) is 3.63. The van der Waals surface area contributed by atoms with Gasteiger partial charge in [0.1, 0.15) is 11.6 Å². The Bertz CT molecular complexity index is 403. The Morgan fingerprint density at radius 2 is 1.63 bits per heavy atom. The first-order chi connectivity index (χ1) is 9.00. The summed E-state index contributed by atoms with van der Waals surface area (Å²) in [5.41, 5.74) is 0.160. The van der Waals surface area contributed by atoms with Crippen LogP contribution < -0.4 is 5.32 Å². The molecule has 1 aliphatic rings. The first-order valence-electron chi connectivity index (χ1n) is 7.20. The van der Waals surface area contributed by atoms with Crippen LogP contribution in [-0.4, -0.2) is 6.04 Å². The van der Waals surface area contributed by atoms with E-state index in [1.807, 2.05) is 6.92 Å². The topological polar surface area (TPSA) is 12.0 Å². The molecule has 0 amide bonds. The molecule has 1 aromatic rings. The van der Waals surface area contributed by atoms with Crippen molar-refractivity contribution in [1.29, 1.82) is 0 Å². The highest BCUT2D eigenvalue weighted by molar-refractivity contribution is 5.23. The van der Waals surface area contributed by atoms with E-state index in [4.69, 9.17) is 0 Å². The molecule has 3 heteroatoms. The minimum atomic E-state index is -0.462. The molecule has 0 heterocycles. The first-order valence-corrected chi connectivity index (χ1v) is 7.20. The highest BCUT2D eigenvalue weighted by atomic mass is 19.1. The molecule has 0 aliphatic heterocycles. The van der Waals surface area contributed by atoms with E-state index < -0.39 is 11.6 Å². The maximum atomic E-state index is 13.8. The van der Waals surface area contributed by atoms with E-state index in [1.54, 1.807) is 0 Å². The van der Waals surface area contributed by atoms with Crippen molar-refractivity contribution in [2.45, 2.75) is 52.1 Å². The molecule has 0 radical (unpaired) electrons. The predicted molar refractivity (Wildman–Crippen MR) is 73.9 cm³/mol. The van der Waals surface area contributed by atoms with Crippen LogP contribution in [0.15, 0.2) is 18.2 Å². The molecule has 106 valence electrons. The third-order valence-corrected chi connectivity index (χ3v) is 4.42. The largest absolute Gasteiger partial charge is 0.307 e. The van der Waals surface area contributed by atoms with Gasteiger partial charge in [0.15, 0.2) is 0 Å². The van der Waals surface area contributed by atoms with Crippen LogP contribution in [0.25, 0.3) is 0 Å². The lowest BCUT2D eigenvalue weighted by Gasteiger charge is -2.37. The van der Waals surface area contributed by atoms with Crippen molar-refractivity contribution in [2.24, 2.45) is 11.8 Å². The van der Waals surface area contributed by atoms with E-state index in [-0.39, 0.29) is 11.6 Å². The monoisotopic (exact) mass is 267 g/mol. The van der Waals surface area contributed by atoms with E-state index in [1.165, 1.54) is 37.5 Å². The SMILES string of the molecule is CC(NC1C(C)CCCC1C)c1c(F)cccc1F. The van der Waals surface area contributed by atoms with Gasteiger partial charge in [0.2, 0.25) is 0 Å². The molecule has 1 aromatic carbocycles. The average molecular weight is 267 g/mol. The Balaban J connectivity index is 2.14. The standard InChI is InChI=1S/C16H23F2N/c1-10-6-4-7-11(2)16(10)19-12(3)15-13(17)8-5-9-14(15)18/h5,8-12,16,19H,4,6-7H2,1-3H3. The van der Waals surface area contributed by atoms with Crippen LogP contribution in [0.1, 0.15) is 51.6 Å². The molecule has 0 saturated heterocycles. The molecule has 0 spiro atoms. The summed E-state index contributed by atoms with van der Waals surface area (Å²) in [6.45, 7) is 6.28. The van der Waals surface area contributed by atoms with E-state index in [0.29, 0.717) is 17.9 Å². The number of hydrogen-bond donors (Lipinski definition) is 1. The van der Waals surface area contributed by atoms with E-state index in [9.17, 15) is 8.78 Å². The van der Waals surface area contributed by atoms with Gasteiger partial charge in [-0.1, -0.05) is 26.3 Å². The van der Waals surface area contributed by atoms with Gasteiger partial charge in [0, 0.05) is 17.6 Å². The Morgan fingerprint density at radius 3 is 2.16 bits per heavy atom. The van der Waals surface area contributed by atoms with E-state index in [0.717, 1.165) is 0 Å². The van der Waals surface area contributed by atoms with Crippen LogP contribution in [0.3, 0.4) is 0 Å². The predicted octanol–water partition coefficient (Wildman–Crippen LogP) is 4.44. The summed E-state index contributed by atoms with van der Waals surface area (Å²) in [7, 11) is 0. The highest BCUT2D eigenvalue weighted by Gasteiger charge is 2.29. The number of rotatable bonds is 3. The van der Waals surface area contributed by atoms with Crippen LogP contribution >= 0.6 is 0 Å². The Morgan fingerprint density at radius 1 is 1.11 bits per heavy atom. The first kappa shape index (κ1) is 14.4. The van der Waals surface area contributed by atoms with Gasteiger partial charge in [-0.05, 0) is 43.7 Å². The molecule has 1 aliphatic carbocycles. The van der Waals surface area contributed by atoms with Crippen LogP contribution in [0.4, 0.5) is 8.78 Å². The lowest BCUT2D eigenvalue weighted by Crippen LogP contribution is -2.44. The number of hydrogen-bond acceptors (Lipinski definition) is 1. The summed E-state index contributed by atoms with van der Waals surface area (Å²) in [4.78, 5) is 0. The summed E-state index contributed by atoms with van der Waals surface area (Å²) in [5, 5.41) is 3.44. The Hall–Kier alpha value is -0.960. The van der Waals surface area contributed by atoms with Crippen molar-refractivity contribution in [1.82, 2.24) is 5.32 Å². The van der Waals surface area contributed by atoms with Gasteiger partial charge in [-0.2, -0.15) is 0 Å². The minimum Gasteiger partial charge on any atom is -0.307 e. The molecule has 19 heavy (non-hydrogen) atoms. The van der Waals surface area contributed by atoms with Gasteiger partial charge >= 0.3 is 0 Å². The number of nitrogens with one attached hydrogen (secondary N) is 1. The van der Waals surface area contributed by atoms with Crippen molar-refractivity contribution >= 4 is 0 Å². The molecule has 1 nitrogen and oxygen atoms in total. The molecule has 0 aromatic heterocycles. The maximum Gasteiger partial charge on any atom is 0.130 e. The molecular formula is C16H23F2N. The van der Waals surface area contributed by atoms with Gasteiger partial charge in [0.05, 0.1) is 0 Å². The molecule has 3 atom stereocenters. The van der Waals surface area contributed by atoms with Crippen LogP contribution in [0.2, 0.25) is 0 Å². The van der Waals surface area contributed by atoms with Gasteiger partial charge in [-0.3, -0.25) is 0 Å². The van der Waals surface area contributed by atoms with Gasteiger partial charge in [0.25, 0.3) is 0 Å². The highest BCUT2D eigenvalue weighted by Crippen LogP contribution is 2.31. The van der Waals surface area contributed by atoms with Crippen molar-refractivity contribution in [3.8, 4) is 0 Å². The van der Waals surface area contributed by atoms with E-state index in [2.05, 4.69) is 19.2 Å². The maximum absolute atomic E-state index is 13.8. The number of halogens is 2. The summed E-state index contributed by atoms with van der Waals surface area (Å²) >= 11 is 0. The summed E-state index contributed by atoms with van der Waals surface area (Å²) < 4.78 is 27.5. The van der Waals surface area contributed by atoms with Crippen molar-refractivity contribution < 1.29 is 8.78 Å². The zero-order valence-corrected chi connectivity index (χ0v) is 11.9. The Labute approximate surface area is 114 Å². The third kappa shape index (κ3) is 3.14. The minimum absolute atomic E-state index is 0.160.